The van der Waals surface area contributed by atoms with Gasteiger partial charge in [-0.25, -0.2) is 0 Å². The predicted molar refractivity (Wildman–Crippen MR) is 106 cm³/mol. The number of carbonyl (C=O) groups excluding carboxylic acids is 1. The van der Waals surface area contributed by atoms with Crippen LogP contribution in [0.3, 0.4) is 0 Å². The quantitative estimate of drug-likeness (QED) is 0.554. The van der Waals surface area contributed by atoms with Gasteiger partial charge in [-0.2, -0.15) is 5.10 Å². The summed E-state index contributed by atoms with van der Waals surface area (Å²) in [6.07, 6.45) is 6.58. The first-order valence-electron chi connectivity index (χ1n) is 9.65. The summed E-state index contributed by atoms with van der Waals surface area (Å²) in [6, 6.07) is 13.6. The number of amides is 1. The number of rotatable bonds is 6. The van der Waals surface area contributed by atoms with Crippen molar-refractivity contribution in [3.8, 4) is 11.4 Å². The van der Waals surface area contributed by atoms with Crippen LogP contribution in [0.5, 0.6) is 0 Å². The number of hydrogen-bond acceptors (Lipinski definition) is 3. The van der Waals surface area contributed by atoms with Crippen molar-refractivity contribution in [3.63, 3.8) is 0 Å². The highest BCUT2D eigenvalue weighted by atomic mass is 16.3. The second-order valence-corrected chi connectivity index (χ2v) is 7.46. The summed E-state index contributed by atoms with van der Waals surface area (Å²) in [7, 11) is 0. The SMILES string of the molecule is Cc1ccc(CNC(=O)c2cc(-c3ccn(CC4CC4)n3)n3ccccc23)o1. The molecule has 28 heavy (non-hydrogen) atoms. The molecule has 6 nitrogen and oxygen atoms in total. The van der Waals surface area contributed by atoms with E-state index in [-0.39, 0.29) is 5.91 Å². The van der Waals surface area contributed by atoms with Gasteiger partial charge in [0.1, 0.15) is 17.2 Å². The first-order valence-corrected chi connectivity index (χ1v) is 9.65. The second kappa shape index (κ2) is 6.71. The lowest BCUT2D eigenvalue weighted by Gasteiger charge is -2.03. The molecule has 0 atom stereocenters. The lowest BCUT2D eigenvalue weighted by Crippen LogP contribution is -2.22. The van der Waals surface area contributed by atoms with Crippen molar-refractivity contribution >= 4 is 11.4 Å². The first-order chi connectivity index (χ1) is 13.7. The zero-order valence-corrected chi connectivity index (χ0v) is 15.8. The van der Waals surface area contributed by atoms with E-state index in [0.29, 0.717) is 12.1 Å². The smallest absolute Gasteiger partial charge is 0.253 e. The van der Waals surface area contributed by atoms with Crippen LogP contribution >= 0.6 is 0 Å². The number of nitrogens with one attached hydrogen (secondary N) is 1. The fourth-order valence-corrected chi connectivity index (χ4v) is 3.54. The summed E-state index contributed by atoms with van der Waals surface area (Å²) in [5, 5.41) is 7.68. The maximum absolute atomic E-state index is 12.9. The molecule has 4 aromatic heterocycles. The molecule has 5 rings (SSSR count). The van der Waals surface area contributed by atoms with Crippen LogP contribution in [-0.2, 0) is 13.1 Å². The van der Waals surface area contributed by atoms with Crippen LogP contribution in [0.4, 0.5) is 0 Å². The van der Waals surface area contributed by atoms with Crippen LogP contribution < -0.4 is 5.32 Å². The van der Waals surface area contributed by atoms with Gasteiger partial charge in [-0.05, 0) is 62.1 Å². The maximum Gasteiger partial charge on any atom is 0.253 e. The number of carbonyl (C=O) groups is 1. The Morgan fingerprint density at radius 1 is 1.21 bits per heavy atom. The van der Waals surface area contributed by atoms with Crippen molar-refractivity contribution in [2.24, 2.45) is 5.92 Å². The van der Waals surface area contributed by atoms with E-state index >= 15 is 0 Å². The van der Waals surface area contributed by atoms with Gasteiger partial charge in [0.15, 0.2) is 0 Å². The average Bonchev–Trinajstić information content (AvgIpc) is 3.07. The van der Waals surface area contributed by atoms with Crippen LogP contribution in [0.1, 0.15) is 34.7 Å². The molecular formula is C22H22N4O2. The van der Waals surface area contributed by atoms with Crippen molar-refractivity contribution in [1.29, 1.82) is 0 Å². The van der Waals surface area contributed by atoms with E-state index in [1.807, 2.05) is 70.9 Å². The molecule has 0 saturated heterocycles. The van der Waals surface area contributed by atoms with Crippen molar-refractivity contribution in [3.05, 3.63) is 71.9 Å². The number of nitrogens with zero attached hydrogens (tertiary/aromatic N) is 3. The van der Waals surface area contributed by atoms with Gasteiger partial charge in [-0.3, -0.25) is 9.48 Å². The van der Waals surface area contributed by atoms with Crippen LogP contribution in [0.2, 0.25) is 0 Å². The maximum atomic E-state index is 12.9. The highest BCUT2D eigenvalue weighted by Gasteiger charge is 2.23. The molecule has 0 aliphatic heterocycles. The van der Waals surface area contributed by atoms with Gasteiger partial charge in [0.05, 0.1) is 23.3 Å². The Morgan fingerprint density at radius 3 is 2.89 bits per heavy atom. The minimum absolute atomic E-state index is 0.124. The van der Waals surface area contributed by atoms with E-state index in [0.717, 1.165) is 40.9 Å². The molecule has 1 amide bonds. The molecule has 4 heterocycles. The van der Waals surface area contributed by atoms with Crippen LogP contribution in [0.25, 0.3) is 16.9 Å². The number of hydrogen-bond donors (Lipinski definition) is 1. The van der Waals surface area contributed by atoms with Gasteiger partial charge in [0.25, 0.3) is 5.91 Å². The predicted octanol–water partition coefficient (Wildman–Crippen LogP) is 4.04. The van der Waals surface area contributed by atoms with Gasteiger partial charge < -0.3 is 14.1 Å². The Hall–Kier alpha value is -3.28. The van der Waals surface area contributed by atoms with E-state index in [1.165, 1.54) is 12.8 Å². The van der Waals surface area contributed by atoms with Crippen molar-refractivity contribution in [2.45, 2.75) is 32.9 Å². The fraction of sp³-hybridized carbons (Fsp3) is 0.273. The molecule has 4 aromatic rings. The van der Waals surface area contributed by atoms with E-state index in [1.54, 1.807) is 0 Å². The molecule has 1 fully saturated rings. The van der Waals surface area contributed by atoms with E-state index < -0.39 is 0 Å². The van der Waals surface area contributed by atoms with Gasteiger partial charge in [-0.15, -0.1) is 0 Å². The van der Waals surface area contributed by atoms with Gasteiger partial charge >= 0.3 is 0 Å². The largest absolute Gasteiger partial charge is 0.465 e. The van der Waals surface area contributed by atoms with Crippen LogP contribution in [0, 0.1) is 12.8 Å². The Morgan fingerprint density at radius 2 is 2.11 bits per heavy atom. The molecule has 0 unspecified atom stereocenters. The molecule has 0 radical (unpaired) electrons. The van der Waals surface area contributed by atoms with Crippen LogP contribution in [0.15, 0.2) is 59.3 Å². The summed E-state index contributed by atoms with van der Waals surface area (Å²) in [4.78, 5) is 12.9. The lowest BCUT2D eigenvalue weighted by atomic mass is 10.2. The second-order valence-electron chi connectivity index (χ2n) is 7.46. The summed E-state index contributed by atoms with van der Waals surface area (Å²) in [6.45, 7) is 3.22. The van der Waals surface area contributed by atoms with Gasteiger partial charge in [0.2, 0.25) is 0 Å². The monoisotopic (exact) mass is 374 g/mol. The molecule has 142 valence electrons. The van der Waals surface area contributed by atoms with E-state index in [4.69, 9.17) is 9.52 Å². The highest BCUT2D eigenvalue weighted by Crippen LogP contribution is 2.31. The molecule has 1 N–H and O–H groups in total. The van der Waals surface area contributed by atoms with Gasteiger partial charge in [-0.1, -0.05) is 6.07 Å². The lowest BCUT2D eigenvalue weighted by molar-refractivity contribution is 0.0949. The number of aryl methyl sites for hydroxylation is 1. The normalized spacial score (nSPS) is 13.9. The Bertz CT molecular complexity index is 1150. The number of pyridine rings is 1. The standard InChI is InChI=1S/C22H22N4O2/c1-15-5-8-17(28-15)13-23-22(27)18-12-21(26-10-3-2-4-20(18)26)19-9-11-25(24-19)14-16-6-7-16/h2-5,8-12,16H,6-7,13-14H2,1H3,(H,23,27). The number of aromatic nitrogens is 3. The van der Waals surface area contributed by atoms with E-state index in [9.17, 15) is 4.79 Å². The molecule has 0 bridgehead atoms. The van der Waals surface area contributed by atoms with Crippen molar-refractivity contribution in [1.82, 2.24) is 19.5 Å². The minimum Gasteiger partial charge on any atom is -0.465 e. The minimum atomic E-state index is -0.124. The molecule has 1 aliphatic rings. The summed E-state index contributed by atoms with van der Waals surface area (Å²) in [5.74, 6) is 2.22. The third kappa shape index (κ3) is 3.22. The van der Waals surface area contributed by atoms with Gasteiger partial charge in [0, 0.05) is 18.9 Å². The highest BCUT2D eigenvalue weighted by molar-refractivity contribution is 6.02. The van der Waals surface area contributed by atoms with Crippen molar-refractivity contribution in [2.75, 3.05) is 0 Å². The third-order valence-electron chi connectivity index (χ3n) is 5.19. The average molecular weight is 374 g/mol. The Kier molecular flexibility index (Phi) is 4.04. The Labute approximate surface area is 162 Å². The fourth-order valence-electron chi connectivity index (χ4n) is 3.54. The summed E-state index contributed by atoms with van der Waals surface area (Å²) in [5.41, 5.74) is 3.30. The third-order valence-corrected chi connectivity index (χ3v) is 5.19. The molecule has 1 aliphatic carbocycles. The molecule has 0 spiro atoms. The number of fused-ring (bicyclic) bond motifs is 1. The van der Waals surface area contributed by atoms with Crippen LogP contribution in [-0.4, -0.2) is 20.1 Å². The molecule has 0 aromatic carbocycles. The first kappa shape index (κ1) is 16.9. The zero-order valence-electron chi connectivity index (χ0n) is 15.8. The van der Waals surface area contributed by atoms with Crippen molar-refractivity contribution < 1.29 is 9.21 Å². The molecule has 6 heteroatoms. The topological polar surface area (TPSA) is 64.5 Å². The molecule has 1 saturated carbocycles. The summed E-state index contributed by atoms with van der Waals surface area (Å²) < 4.78 is 9.57. The summed E-state index contributed by atoms with van der Waals surface area (Å²) >= 11 is 0. The Balaban J connectivity index is 1.44. The van der Waals surface area contributed by atoms with E-state index in [2.05, 4.69) is 5.32 Å². The number of furan rings is 1. The zero-order chi connectivity index (χ0) is 19.1. The molecular weight excluding hydrogens is 352 g/mol.